The quantitative estimate of drug-likeness (QED) is 0.155. The number of rotatable bonds is 18. The zero-order chi connectivity index (χ0) is 17.9. The van der Waals surface area contributed by atoms with E-state index in [2.05, 4.69) is 19.1 Å². The SMILES string of the molecule is CCCCCCCCC/C=C\CCCCCCCCP(=O)(O)CC. The van der Waals surface area contributed by atoms with Crippen molar-refractivity contribution in [3.05, 3.63) is 12.2 Å². The van der Waals surface area contributed by atoms with Crippen LogP contribution in [0.3, 0.4) is 0 Å². The van der Waals surface area contributed by atoms with Crippen LogP contribution >= 0.6 is 7.37 Å². The van der Waals surface area contributed by atoms with Crippen LogP contribution in [0.4, 0.5) is 0 Å². The van der Waals surface area contributed by atoms with Gasteiger partial charge in [0, 0.05) is 12.3 Å². The normalized spacial score (nSPS) is 14.3. The Morgan fingerprint density at radius 1 is 0.667 bits per heavy atom. The number of unbranched alkanes of at least 4 members (excludes halogenated alkanes) is 13. The average molecular weight is 359 g/mol. The minimum atomic E-state index is -2.77. The van der Waals surface area contributed by atoms with Crippen molar-refractivity contribution in [2.24, 2.45) is 0 Å². The van der Waals surface area contributed by atoms with Crippen LogP contribution in [0.2, 0.25) is 0 Å². The number of hydrogen-bond donors (Lipinski definition) is 1. The maximum atomic E-state index is 11.5. The van der Waals surface area contributed by atoms with Crippen LogP contribution in [0.5, 0.6) is 0 Å². The molecule has 24 heavy (non-hydrogen) atoms. The Bertz CT molecular complexity index is 326. The smallest absolute Gasteiger partial charge is 0.200 e. The second kappa shape index (κ2) is 17.7. The van der Waals surface area contributed by atoms with E-state index in [1.807, 2.05) is 6.92 Å². The molecule has 1 atom stereocenters. The minimum absolute atomic E-state index is 0.429. The number of allylic oxidation sites excluding steroid dienone is 2. The van der Waals surface area contributed by atoms with E-state index in [4.69, 9.17) is 0 Å². The molecule has 0 fully saturated rings. The molecular formula is C21H43O2P. The third-order valence-corrected chi connectivity index (χ3v) is 6.77. The molecular weight excluding hydrogens is 315 g/mol. The summed E-state index contributed by atoms with van der Waals surface area (Å²) in [4.78, 5) is 9.50. The predicted molar refractivity (Wildman–Crippen MR) is 109 cm³/mol. The van der Waals surface area contributed by atoms with Gasteiger partial charge in [-0.15, -0.1) is 0 Å². The van der Waals surface area contributed by atoms with E-state index in [-0.39, 0.29) is 0 Å². The molecule has 0 amide bonds. The van der Waals surface area contributed by atoms with E-state index < -0.39 is 7.37 Å². The standard InChI is InChI=1S/C21H43O2P/c1-3-5-6-7-8-9-10-11-12-13-14-15-16-17-18-19-20-21-24(22,23)4-2/h12-13H,3-11,14-21H2,1-2H3,(H,22,23)/b13-12-. The van der Waals surface area contributed by atoms with Gasteiger partial charge in [-0.2, -0.15) is 0 Å². The summed E-state index contributed by atoms with van der Waals surface area (Å²) in [7, 11) is -2.77. The average Bonchev–Trinajstić information content (AvgIpc) is 2.57. The molecule has 0 heterocycles. The molecule has 0 aromatic heterocycles. The minimum Gasteiger partial charge on any atom is -0.344 e. The maximum Gasteiger partial charge on any atom is 0.200 e. The summed E-state index contributed by atoms with van der Waals surface area (Å²) >= 11 is 0. The third kappa shape index (κ3) is 18.3. The molecule has 0 bridgehead atoms. The van der Waals surface area contributed by atoms with Crippen molar-refractivity contribution < 1.29 is 9.46 Å². The van der Waals surface area contributed by atoms with E-state index in [0.717, 1.165) is 12.8 Å². The van der Waals surface area contributed by atoms with Gasteiger partial charge in [-0.05, 0) is 32.1 Å². The monoisotopic (exact) mass is 358 g/mol. The van der Waals surface area contributed by atoms with Gasteiger partial charge < -0.3 is 4.89 Å². The Morgan fingerprint density at radius 3 is 1.54 bits per heavy atom. The highest BCUT2D eigenvalue weighted by atomic mass is 31.2. The van der Waals surface area contributed by atoms with Crippen LogP contribution in [0, 0.1) is 0 Å². The summed E-state index contributed by atoms with van der Waals surface area (Å²) in [6, 6.07) is 0. The predicted octanol–water partition coefficient (Wildman–Crippen LogP) is 7.70. The van der Waals surface area contributed by atoms with Gasteiger partial charge in [0.1, 0.15) is 0 Å². The summed E-state index contributed by atoms with van der Waals surface area (Å²) in [6.07, 6.45) is 25.0. The lowest BCUT2D eigenvalue weighted by atomic mass is 10.1. The van der Waals surface area contributed by atoms with Crippen LogP contribution in [-0.2, 0) is 4.57 Å². The van der Waals surface area contributed by atoms with Gasteiger partial charge in [0.15, 0.2) is 7.37 Å². The largest absolute Gasteiger partial charge is 0.344 e. The molecule has 1 unspecified atom stereocenters. The van der Waals surface area contributed by atoms with E-state index >= 15 is 0 Å². The van der Waals surface area contributed by atoms with Crippen LogP contribution in [0.25, 0.3) is 0 Å². The van der Waals surface area contributed by atoms with Gasteiger partial charge >= 0.3 is 0 Å². The summed E-state index contributed by atoms with van der Waals surface area (Å²) in [6.45, 7) is 4.08. The highest BCUT2D eigenvalue weighted by molar-refractivity contribution is 7.57. The fourth-order valence-corrected chi connectivity index (χ4v) is 3.98. The van der Waals surface area contributed by atoms with E-state index in [1.165, 1.54) is 83.5 Å². The van der Waals surface area contributed by atoms with Crippen LogP contribution in [0.15, 0.2) is 12.2 Å². The molecule has 2 nitrogen and oxygen atoms in total. The summed E-state index contributed by atoms with van der Waals surface area (Å²) < 4.78 is 11.5. The molecule has 0 radical (unpaired) electrons. The Labute approximate surface area is 152 Å². The highest BCUT2D eigenvalue weighted by Gasteiger charge is 2.13. The molecule has 144 valence electrons. The molecule has 0 aliphatic rings. The summed E-state index contributed by atoms with van der Waals surface area (Å²) in [5.74, 6) is 0. The fourth-order valence-electron chi connectivity index (χ4n) is 2.94. The third-order valence-electron chi connectivity index (χ3n) is 4.76. The van der Waals surface area contributed by atoms with Gasteiger partial charge in [-0.1, -0.05) is 90.2 Å². The molecule has 0 aliphatic heterocycles. The zero-order valence-electron chi connectivity index (χ0n) is 16.5. The number of hydrogen-bond acceptors (Lipinski definition) is 1. The highest BCUT2D eigenvalue weighted by Crippen LogP contribution is 2.40. The molecule has 0 saturated heterocycles. The maximum absolute atomic E-state index is 11.5. The molecule has 0 aromatic rings. The first-order valence-corrected chi connectivity index (χ1v) is 12.6. The lowest BCUT2D eigenvalue weighted by Crippen LogP contribution is -1.91. The van der Waals surface area contributed by atoms with Crippen molar-refractivity contribution >= 4 is 7.37 Å². The Morgan fingerprint density at radius 2 is 1.08 bits per heavy atom. The lowest BCUT2D eigenvalue weighted by Gasteiger charge is -2.07. The fraction of sp³-hybridized carbons (Fsp3) is 0.905. The second-order valence-corrected chi connectivity index (χ2v) is 9.95. The molecule has 0 saturated carbocycles. The molecule has 3 heteroatoms. The molecule has 1 N–H and O–H groups in total. The van der Waals surface area contributed by atoms with Gasteiger partial charge in [0.05, 0.1) is 0 Å². The van der Waals surface area contributed by atoms with Gasteiger partial charge in [0.2, 0.25) is 0 Å². The summed E-state index contributed by atoms with van der Waals surface area (Å²) in [5.41, 5.74) is 0. The van der Waals surface area contributed by atoms with Crippen LogP contribution in [0.1, 0.15) is 110 Å². The molecule has 0 rings (SSSR count). The van der Waals surface area contributed by atoms with E-state index in [0.29, 0.717) is 12.3 Å². The molecule has 0 spiro atoms. The second-order valence-electron chi connectivity index (χ2n) is 7.18. The van der Waals surface area contributed by atoms with Crippen molar-refractivity contribution in [1.29, 1.82) is 0 Å². The van der Waals surface area contributed by atoms with Crippen molar-refractivity contribution in [2.75, 3.05) is 12.3 Å². The van der Waals surface area contributed by atoms with Crippen molar-refractivity contribution in [2.45, 2.75) is 110 Å². The summed E-state index contributed by atoms with van der Waals surface area (Å²) in [5, 5.41) is 0. The Hall–Kier alpha value is -0.0700. The van der Waals surface area contributed by atoms with Gasteiger partial charge in [0.25, 0.3) is 0 Å². The van der Waals surface area contributed by atoms with Crippen molar-refractivity contribution in [3.63, 3.8) is 0 Å². The van der Waals surface area contributed by atoms with E-state index in [1.54, 1.807) is 0 Å². The van der Waals surface area contributed by atoms with E-state index in [9.17, 15) is 9.46 Å². The Kier molecular flexibility index (Phi) is 17.7. The first-order valence-electron chi connectivity index (χ1n) is 10.6. The van der Waals surface area contributed by atoms with Gasteiger partial charge in [-0.3, -0.25) is 4.57 Å². The topological polar surface area (TPSA) is 37.3 Å². The zero-order valence-corrected chi connectivity index (χ0v) is 17.4. The van der Waals surface area contributed by atoms with Crippen LogP contribution < -0.4 is 0 Å². The first kappa shape index (κ1) is 23.9. The first-order chi connectivity index (χ1) is 11.6. The Balaban J connectivity index is 3.17. The van der Waals surface area contributed by atoms with Crippen molar-refractivity contribution in [1.82, 2.24) is 0 Å². The van der Waals surface area contributed by atoms with Crippen molar-refractivity contribution in [3.8, 4) is 0 Å². The molecule has 0 aliphatic carbocycles. The van der Waals surface area contributed by atoms with Gasteiger partial charge in [-0.25, -0.2) is 0 Å². The molecule has 0 aromatic carbocycles. The lowest BCUT2D eigenvalue weighted by molar-refractivity contribution is 0.475. The van der Waals surface area contributed by atoms with Crippen LogP contribution in [-0.4, -0.2) is 17.2 Å².